The van der Waals surface area contributed by atoms with Gasteiger partial charge in [0.2, 0.25) is 5.91 Å². The van der Waals surface area contributed by atoms with Gasteiger partial charge in [-0.2, -0.15) is 0 Å². The molecule has 6 heteroatoms. The molecular weight excluding hydrogens is 394 g/mol. The van der Waals surface area contributed by atoms with E-state index in [0.717, 1.165) is 10.9 Å². The van der Waals surface area contributed by atoms with Crippen LogP contribution in [0.5, 0.6) is 0 Å². The molecule has 0 saturated heterocycles. The Morgan fingerprint density at radius 2 is 2.04 bits per heavy atom. The lowest BCUT2D eigenvalue weighted by Crippen LogP contribution is -2.29. The zero-order valence-electron chi connectivity index (χ0n) is 14.5. The Kier molecular flexibility index (Phi) is 5.83. The predicted octanol–water partition coefficient (Wildman–Crippen LogP) is 3.22. The third-order valence-corrected chi connectivity index (χ3v) is 4.84. The number of carbonyl (C=O) groups excluding carboxylic acids is 1. The minimum atomic E-state index is -0.135. The quantitative estimate of drug-likeness (QED) is 0.674. The van der Waals surface area contributed by atoms with E-state index in [4.69, 9.17) is 0 Å². The van der Waals surface area contributed by atoms with Gasteiger partial charge >= 0.3 is 0 Å². The van der Waals surface area contributed by atoms with E-state index in [9.17, 15) is 9.59 Å². The lowest BCUT2D eigenvalue weighted by Gasteiger charge is -2.09. The number of hydrogen-bond acceptors (Lipinski definition) is 3. The summed E-state index contributed by atoms with van der Waals surface area (Å²) in [5.41, 5.74) is 2.97. The molecule has 0 radical (unpaired) electrons. The van der Waals surface area contributed by atoms with Crippen molar-refractivity contribution < 1.29 is 4.79 Å². The van der Waals surface area contributed by atoms with Crippen LogP contribution < -0.4 is 10.9 Å². The van der Waals surface area contributed by atoms with Gasteiger partial charge in [0.15, 0.2) is 0 Å². The molecule has 1 heterocycles. The number of carbonyl (C=O) groups is 1. The highest BCUT2D eigenvalue weighted by molar-refractivity contribution is 9.10. The number of halogens is 1. The second kappa shape index (κ2) is 8.27. The van der Waals surface area contributed by atoms with Crippen LogP contribution in [0.25, 0.3) is 10.9 Å². The summed E-state index contributed by atoms with van der Waals surface area (Å²) >= 11 is 3.37. The van der Waals surface area contributed by atoms with Gasteiger partial charge in [0.25, 0.3) is 5.56 Å². The number of fused-ring (bicyclic) bond motifs is 1. The maximum atomic E-state index is 12.5. The molecule has 1 amide bonds. The van der Waals surface area contributed by atoms with Crippen molar-refractivity contribution in [3.05, 3.63) is 74.7 Å². The zero-order chi connectivity index (χ0) is 18.5. The molecule has 0 aliphatic rings. The van der Waals surface area contributed by atoms with E-state index in [1.807, 2.05) is 18.2 Å². The zero-order valence-corrected chi connectivity index (χ0v) is 16.1. The van der Waals surface area contributed by atoms with Gasteiger partial charge in [-0.15, -0.1) is 0 Å². The minimum absolute atomic E-state index is 0.0696. The average Bonchev–Trinajstić information content (AvgIpc) is 2.63. The normalized spacial score (nSPS) is 10.8. The van der Waals surface area contributed by atoms with Crippen molar-refractivity contribution in [1.82, 2.24) is 14.9 Å². The van der Waals surface area contributed by atoms with Crippen LogP contribution in [0.3, 0.4) is 0 Å². The molecule has 1 N–H and O–H groups in total. The molecule has 0 aliphatic carbocycles. The van der Waals surface area contributed by atoms with Crippen LogP contribution in [-0.4, -0.2) is 22.0 Å². The molecule has 0 fully saturated rings. The fourth-order valence-electron chi connectivity index (χ4n) is 2.83. The smallest absolute Gasteiger partial charge is 0.261 e. The van der Waals surface area contributed by atoms with Crippen molar-refractivity contribution in [3.8, 4) is 0 Å². The summed E-state index contributed by atoms with van der Waals surface area (Å²) in [7, 11) is 0. The van der Waals surface area contributed by atoms with Gasteiger partial charge < -0.3 is 5.32 Å². The van der Waals surface area contributed by atoms with Crippen molar-refractivity contribution in [2.45, 2.75) is 26.3 Å². The number of hydrogen-bond donors (Lipinski definition) is 1. The fraction of sp³-hybridized carbons (Fsp3) is 0.250. The van der Waals surface area contributed by atoms with E-state index in [0.29, 0.717) is 24.0 Å². The summed E-state index contributed by atoms with van der Waals surface area (Å²) in [6, 6.07) is 13.5. The number of aryl methyl sites for hydroxylation is 2. The second-order valence-electron chi connectivity index (χ2n) is 6.18. The van der Waals surface area contributed by atoms with Crippen molar-refractivity contribution in [1.29, 1.82) is 0 Å². The van der Waals surface area contributed by atoms with Gasteiger partial charge in [0.05, 0.1) is 17.2 Å². The molecule has 5 nitrogen and oxygen atoms in total. The number of benzene rings is 2. The van der Waals surface area contributed by atoms with Gasteiger partial charge in [-0.05, 0) is 42.7 Å². The van der Waals surface area contributed by atoms with Crippen molar-refractivity contribution in [2.24, 2.45) is 0 Å². The third kappa shape index (κ3) is 4.38. The maximum Gasteiger partial charge on any atom is 0.261 e. The van der Waals surface area contributed by atoms with E-state index in [1.54, 1.807) is 12.1 Å². The summed E-state index contributed by atoms with van der Waals surface area (Å²) < 4.78 is 2.31. The number of aromatic nitrogens is 2. The molecule has 2 aromatic carbocycles. The van der Waals surface area contributed by atoms with Crippen LogP contribution >= 0.6 is 15.9 Å². The standard InChI is InChI=1S/C20H20BrN3O2/c1-14-4-2-3-5-15(14)8-10-22-19(25)9-11-24-13-23-18-7-6-16(21)12-17(18)20(24)26/h2-7,12-13H,8-11H2,1H3,(H,22,25). The first-order chi connectivity index (χ1) is 12.5. The van der Waals surface area contributed by atoms with Gasteiger partial charge in [-0.25, -0.2) is 4.98 Å². The lowest BCUT2D eigenvalue weighted by atomic mass is 10.1. The highest BCUT2D eigenvalue weighted by Gasteiger charge is 2.07. The first-order valence-corrected chi connectivity index (χ1v) is 9.30. The maximum absolute atomic E-state index is 12.5. The molecular formula is C20H20BrN3O2. The van der Waals surface area contributed by atoms with Gasteiger partial charge in [0.1, 0.15) is 0 Å². The van der Waals surface area contributed by atoms with Gasteiger partial charge in [0, 0.05) is 24.0 Å². The number of amides is 1. The van der Waals surface area contributed by atoms with Crippen molar-refractivity contribution in [2.75, 3.05) is 6.54 Å². The van der Waals surface area contributed by atoms with E-state index >= 15 is 0 Å². The first-order valence-electron chi connectivity index (χ1n) is 8.50. The topological polar surface area (TPSA) is 64.0 Å². The summed E-state index contributed by atoms with van der Waals surface area (Å²) in [6.07, 6.45) is 2.54. The minimum Gasteiger partial charge on any atom is -0.356 e. The predicted molar refractivity (Wildman–Crippen MR) is 106 cm³/mol. The van der Waals surface area contributed by atoms with Crippen LogP contribution in [0, 0.1) is 6.92 Å². The molecule has 1 aromatic heterocycles. The largest absolute Gasteiger partial charge is 0.356 e. The molecule has 0 spiro atoms. The van der Waals surface area contributed by atoms with Crippen LogP contribution in [0.1, 0.15) is 17.5 Å². The monoisotopic (exact) mass is 413 g/mol. The number of nitrogens with zero attached hydrogens (tertiary/aromatic N) is 2. The summed E-state index contributed by atoms with van der Waals surface area (Å²) in [6.45, 7) is 2.96. The highest BCUT2D eigenvalue weighted by atomic mass is 79.9. The third-order valence-electron chi connectivity index (χ3n) is 4.34. The Balaban J connectivity index is 1.56. The lowest BCUT2D eigenvalue weighted by molar-refractivity contribution is -0.121. The Morgan fingerprint density at radius 1 is 1.23 bits per heavy atom. The number of rotatable bonds is 6. The SMILES string of the molecule is Cc1ccccc1CCNC(=O)CCn1cnc2ccc(Br)cc2c1=O. The second-order valence-corrected chi connectivity index (χ2v) is 7.10. The van der Waals surface area contributed by atoms with E-state index < -0.39 is 0 Å². The molecule has 0 atom stereocenters. The summed E-state index contributed by atoms with van der Waals surface area (Å²) in [4.78, 5) is 28.8. The summed E-state index contributed by atoms with van der Waals surface area (Å²) in [5, 5.41) is 3.46. The Bertz CT molecular complexity index is 998. The molecule has 0 saturated carbocycles. The Morgan fingerprint density at radius 3 is 2.85 bits per heavy atom. The average molecular weight is 414 g/mol. The Hall–Kier alpha value is -2.47. The summed E-state index contributed by atoms with van der Waals surface area (Å²) in [5.74, 6) is -0.0696. The van der Waals surface area contributed by atoms with Crippen LogP contribution in [0.15, 0.2) is 58.1 Å². The highest BCUT2D eigenvalue weighted by Crippen LogP contribution is 2.14. The molecule has 26 heavy (non-hydrogen) atoms. The van der Waals surface area contributed by atoms with Crippen molar-refractivity contribution >= 4 is 32.7 Å². The van der Waals surface area contributed by atoms with Gasteiger partial charge in [-0.3, -0.25) is 14.2 Å². The molecule has 0 unspecified atom stereocenters. The first kappa shape index (κ1) is 18.3. The Labute approximate surface area is 160 Å². The number of nitrogens with one attached hydrogen (secondary N) is 1. The van der Waals surface area contributed by atoms with E-state index in [2.05, 4.69) is 45.3 Å². The van der Waals surface area contributed by atoms with Crippen LogP contribution in [0.2, 0.25) is 0 Å². The molecule has 134 valence electrons. The molecule has 0 bridgehead atoms. The van der Waals surface area contributed by atoms with Crippen LogP contribution in [0.4, 0.5) is 0 Å². The molecule has 3 aromatic rings. The molecule has 3 rings (SSSR count). The van der Waals surface area contributed by atoms with Gasteiger partial charge in [-0.1, -0.05) is 40.2 Å². The van der Waals surface area contributed by atoms with E-state index in [-0.39, 0.29) is 17.9 Å². The van der Waals surface area contributed by atoms with E-state index in [1.165, 1.54) is 22.0 Å². The van der Waals surface area contributed by atoms with Crippen molar-refractivity contribution in [3.63, 3.8) is 0 Å². The fourth-order valence-corrected chi connectivity index (χ4v) is 3.19. The molecule has 0 aliphatic heterocycles. The van der Waals surface area contributed by atoms with Crippen LogP contribution in [-0.2, 0) is 17.8 Å².